The van der Waals surface area contributed by atoms with E-state index in [0.717, 1.165) is 0 Å². The Kier molecular flexibility index (Phi) is 5.37. The van der Waals surface area contributed by atoms with Crippen molar-refractivity contribution in [2.45, 2.75) is 25.8 Å². The number of carbonyl (C=O) groups excluding carboxylic acids is 1. The van der Waals surface area contributed by atoms with E-state index in [4.69, 9.17) is 15.6 Å². The molecule has 1 saturated heterocycles. The first-order valence-corrected chi connectivity index (χ1v) is 5.86. The average molecular weight is 244 g/mol. The van der Waals surface area contributed by atoms with E-state index in [0.29, 0.717) is 32.7 Å². The number of carbonyl (C=O) groups is 2. The Morgan fingerprint density at radius 1 is 1.59 bits per heavy atom. The molecule has 98 valence electrons. The number of hydrogen-bond acceptors (Lipinski definition) is 4. The molecular formula is C11H20N2O4. The first-order chi connectivity index (χ1) is 8.06. The lowest BCUT2D eigenvalue weighted by molar-refractivity contribution is -0.148. The lowest BCUT2D eigenvalue weighted by Gasteiger charge is -2.36. The highest BCUT2D eigenvalue weighted by atomic mass is 16.5. The van der Waals surface area contributed by atoms with E-state index in [1.807, 2.05) is 6.92 Å². The third-order valence-corrected chi connectivity index (χ3v) is 2.94. The molecule has 1 fully saturated rings. The van der Waals surface area contributed by atoms with Crippen LogP contribution in [0.2, 0.25) is 0 Å². The van der Waals surface area contributed by atoms with E-state index in [-0.39, 0.29) is 24.3 Å². The van der Waals surface area contributed by atoms with Gasteiger partial charge in [-0.15, -0.1) is 0 Å². The number of nitrogens with zero attached hydrogens (tertiary/aromatic N) is 1. The van der Waals surface area contributed by atoms with Crippen LogP contribution in [0.15, 0.2) is 0 Å². The number of ether oxygens (including phenoxy) is 1. The molecule has 17 heavy (non-hydrogen) atoms. The minimum atomic E-state index is -0.912. The molecule has 0 radical (unpaired) electrons. The van der Waals surface area contributed by atoms with Crippen LogP contribution in [0, 0.1) is 5.92 Å². The Labute approximate surface area is 101 Å². The van der Waals surface area contributed by atoms with Crippen LogP contribution in [0.25, 0.3) is 0 Å². The summed E-state index contributed by atoms with van der Waals surface area (Å²) >= 11 is 0. The van der Waals surface area contributed by atoms with Crippen molar-refractivity contribution in [1.29, 1.82) is 0 Å². The molecule has 1 heterocycles. The number of morpholine rings is 1. The summed E-state index contributed by atoms with van der Waals surface area (Å²) in [4.78, 5) is 24.4. The summed E-state index contributed by atoms with van der Waals surface area (Å²) in [6.45, 7) is 3.51. The van der Waals surface area contributed by atoms with Gasteiger partial charge in [0.25, 0.3) is 0 Å². The standard InChI is InChI=1S/C11H20N2O4/c1-8(2-3-12)11(16)13-4-5-17-7-9(13)6-10(14)15/h8-9H,2-7,12H2,1H3,(H,14,15). The van der Waals surface area contributed by atoms with Crippen LogP contribution in [-0.4, -0.2) is 54.2 Å². The maximum atomic E-state index is 12.1. The van der Waals surface area contributed by atoms with Crippen LogP contribution in [0.5, 0.6) is 0 Å². The number of carboxylic acids is 1. The summed E-state index contributed by atoms with van der Waals surface area (Å²) in [5.41, 5.74) is 5.42. The fourth-order valence-electron chi connectivity index (χ4n) is 1.97. The number of carboxylic acid groups (broad SMARTS) is 1. The largest absolute Gasteiger partial charge is 0.481 e. The minimum Gasteiger partial charge on any atom is -0.481 e. The maximum Gasteiger partial charge on any atom is 0.305 e. The Balaban J connectivity index is 2.63. The molecule has 2 unspecified atom stereocenters. The lowest BCUT2D eigenvalue weighted by atomic mass is 10.0. The number of hydrogen-bond donors (Lipinski definition) is 2. The normalized spacial score (nSPS) is 22.2. The van der Waals surface area contributed by atoms with E-state index in [1.54, 1.807) is 4.90 Å². The summed E-state index contributed by atoms with van der Waals surface area (Å²) in [5.74, 6) is -1.09. The maximum absolute atomic E-state index is 12.1. The van der Waals surface area contributed by atoms with Gasteiger partial charge in [-0.1, -0.05) is 6.92 Å². The topological polar surface area (TPSA) is 92.9 Å². The van der Waals surface area contributed by atoms with Gasteiger partial charge in [0, 0.05) is 12.5 Å². The highest BCUT2D eigenvalue weighted by molar-refractivity contribution is 5.79. The van der Waals surface area contributed by atoms with E-state index < -0.39 is 5.97 Å². The molecule has 6 heteroatoms. The van der Waals surface area contributed by atoms with Crippen molar-refractivity contribution in [3.63, 3.8) is 0 Å². The van der Waals surface area contributed by atoms with Gasteiger partial charge in [0.15, 0.2) is 0 Å². The van der Waals surface area contributed by atoms with Gasteiger partial charge in [-0.2, -0.15) is 0 Å². The van der Waals surface area contributed by atoms with Gasteiger partial charge in [0.1, 0.15) is 0 Å². The molecule has 0 bridgehead atoms. The van der Waals surface area contributed by atoms with Gasteiger partial charge in [-0.25, -0.2) is 0 Å². The number of rotatable bonds is 5. The van der Waals surface area contributed by atoms with Crippen LogP contribution >= 0.6 is 0 Å². The zero-order chi connectivity index (χ0) is 12.8. The second-order valence-electron chi connectivity index (χ2n) is 4.34. The quantitative estimate of drug-likeness (QED) is 0.691. The second-order valence-corrected chi connectivity index (χ2v) is 4.34. The molecule has 1 rings (SSSR count). The van der Waals surface area contributed by atoms with Crippen LogP contribution in [0.4, 0.5) is 0 Å². The predicted molar refractivity (Wildman–Crippen MR) is 61.4 cm³/mol. The van der Waals surface area contributed by atoms with Gasteiger partial charge >= 0.3 is 5.97 Å². The van der Waals surface area contributed by atoms with Crippen molar-refractivity contribution in [3.8, 4) is 0 Å². The molecule has 0 aromatic heterocycles. The van der Waals surface area contributed by atoms with Crippen molar-refractivity contribution >= 4 is 11.9 Å². The molecule has 0 aliphatic carbocycles. The Morgan fingerprint density at radius 3 is 2.88 bits per heavy atom. The van der Waals surface area contributed by atoms with Gasteiger partial charge in [0.05, 0.1) is 25.7 Å². The minimum absolute atomic E-state index is 0.0231. The van der Waals surface area contributed by atoms with Crippen molar-refractivity contribution < 1.29 is 19.4 Å². The molecular weight excluding hydrogens is 224 g/mol. The van der Waals surface area contributed by atoms with Crippen LogP contribution in [-0.2, 0) is 14.3 Å². The van der Waals surface area contributed by atoms with Crippen LogP contribution in [0.3, 0.4) is 0 Å². The van der Waals surface area contributed by atoms with Crippen molar-refractivity contribution in [2.24, 2.45) is 11.7 Å². The van der Waals surface area contributed by atoms with E-state index >= 15 is 0 Å². The number of aliphatic carboxylic acids is 1. The van der Waals surface area contributed by atoms with E-state index in [1.165, 1.54) is 0 Å². The third kappa shape index (κ3) is 3.98. The molecule has 0 aromatic rings. The van der Waals surface area contributed by atoms with Gasteiger partial charge < -0.3 is 20.5 Å². The van der Waals surface area contributed by atoms with Gasteiger partial charge in [0.2, 0.25) is 5.91 Å². The predicted octanol–water partition coefficient (Wildman–Crippen LogP) is -0.327. The fourth-order valence-corrected chi connectivity index (χ4v) is 1.97. The van der Waals surface area contributed by atoms with Crippen molar-refractivity contribution in [2.75, 3.05) is 26.3 Å². The molecule has 0 spiro atoms. The van der Waals surface area contributed by atoms with Crippen LogP contribution in [0.1, 0.15) is 19.8 Å². The highest BCUT2D eigenvalue weighted by Crippen LogP contribution is 2.15. The molecule has 0 saturated carbocycles. The first kappa shape index (κ1) is 13.9. The van der Waals surface area contributed by atoms with E-state index in [9.17, 15) is 9.59 Å². The monoisotopic (exact) mass is 244 g/mol. The number of amides is 1. The molecule has 1 aliphatic heterocycles. The Bertz CT molecular complexity index is 283. The summed E-state index contributed by atoms with van der Waals surface area (Å²) in [5, 5.41) is 8.79. The Morgan fingerprint density at radius 2 is 2.29 bits per heavy atom. The molecule has 3 N–H and O–H groups in total. The zero-order valence-electron chi connectivity index (χ0n) is 10.1. The molecule has 1 aliphatic rings. The van der Waals surface area contributed by atoms with Gasteiger partial charge in [-0.05, 0) is 13.0 Å². The zero-order valence-corrected chi connectivity index (χ0v) is 10.1. The molecule has 6 nitrogen and oxygen atoms in total. The summed E-state index contributed by atoms with van der Waals surface area (Å²) in [7, 11) is 0. The summed E-state index contributed by atoms with van der Waals surface area (Å²) in [6, 6.07) is -0.353. The summed E-state index contributed by atoms with van der Waals surface area (Å²) < 4.78 is 5.22. The van der Waals surface area contributed by atoms with Crippen LogP contribution < -0.4 is 5.73 Å². The first-order valence-electron chi connectivity index (χ1n) is 5.86. The molecule has 0 aromatic carbocycles. The highest BCUT2D eigenvalue weighted by Gasteiger charge is 2.31. The second kappa shape index (κ2) is 6.56. The lowest BCUT2D eigenvalue weighted by Crippen LogP contribution is -2.51. The van der Waals surface area contributed by atoms with Crippen molar-refractivity contribution in [3.05, 3.63) is 0 Å². The molecule has 1 amide bonds. The smallest absolute Gasteiger partial charge is 0.305 e. The SMILES string of the molecule is CC(CCN)C(=O)N1CCOCC1CC(=O)O. The average Bonchev–Trinajstić information content (AvgIpc) is 2.28. The Hall–Kier alpha value is -1.14. The fraction of sp³-hybridized carbons (Fsp3) is 0.818. The van der Waals surface area contributed by atoms with Gasteiger partial charge in [-0.3, -0.25) is 9.59 Å². The summed E-state index contributed by atoms with van der Waals surface area (Å²) in [6.07, 6.45) is 0.553. The van der Waals surface area contributed by atoms with Crippen molar-refractivity contribution in [1.82, 2.24) is 4.90 Å². The molecule has 2 atom stereocenters. The van der Waals surface area contributed by atoms with E-state index in [2.05, 4.69) is 0 Å². The third-order valence-electron chi connectivity index (χ3n) is 2.94. The number of nitrogens with two attached hydrogens (primary N) is 1.